The number of benzene rings is 1. The fourth-order valence-electron chi connectivity index (χ4n) is 1.26. The van der Waals surface area contributed by atoms with E-state index in [1.807, 2.05) is 20.8 Å². The number of halogens is 1. The lowest BCUT2D eigenvalue weighted by Gasteiger charge is -2.15. The second-order valence-corrected chi connectivity index (χ2v) is 4.23. The Morgan fingerprint density at radius 3 is 2.65 bits per heavy atom. The number of ether oxygens (including phenoxy) is 1. The molecule has 0 atom stereocenters. The summed E-state index contributed by atoms with van der Waals surface area (Å²) < 4.78 is 18.5. The summed E-state index contributed by atoms with van der Waals surface area (Å²) in [5.41, 5.74) is 0.938. The second-order valence-electron chi connectivity index (χ2n) is 4.23. The number of hydrogen-bond acceptors (Lipinski definition) is 2. The topological polar surface area (TPSA) is 29.5 Å². The van der Waals surface area contributed by atoms with Gasteiger partial charge in [0, 0.05) is 13.6 Å². The number of rotatable bonds is 3. The van der Waals surface area contributed by atoms with Crippen LogP contribution in [0.1, 0.15) is 32.3 Å². The van der Waals surface area contributed by atoms with Crippen LogP contribution in [-0.2, 0) is 0 Å². The molecule has 0 unspecified atom stereocenters. The predicted molar refractivity (Wildman–Crippen MR) is 64.8 cm³/mol. The van der Waals surface area contributed by atoms with E-state index in [-0.39, 0.29) is 11.7 Å². The fraction of sp³-hybridized carbons (Fsp3) is 0.462. The van der Waals surface area contributed by atoms with Crippen LogP contribution in [0, 0.1) is 5.82 Å². The molecule has 0 heterocycles. The number of carbonyl (C=O) groups is 1. The molecule has 0 radical (unpaired) electrons. The van der Waals surface area contributed by atoms with Crippen LogP contribution < -0.4 is 4.74 Å². The second kappa shape index (κ2) is 5.66. The smallest absolute Gasteiger partial charge is 0.407 e. The highest BCUT2D eigenvalue weighted by Crippen LogP contribution is 2.24. The normalized spacial score (nSPS) is 10.5. The van der Waals surface area contributed by atoms with Crippen molar-refractivity contribution in [1.82, 2.24) is 4.90 Å². The molecule has 0 fully saturated rings. The predicted octanol–water partition coefficient (Wildman–Crippen LogP) is 3.40. The van der Waals surface area contributed by atoms with Gasteiger partial charge in [-0.15, -0.1) is 0 Å². The summed E-state index contributed by atoms with van der Waals surface area (Å²) in [6.07, 6.45) is -0.549. The van der Waals surface area contributed by atoms with Gasteiger partial charge in [0.05, 0.1) is 0 Å². The van der Waals surface area contributed by atoms with Gasteiger partial charge in [-0.05, 0) is 30.5 Å². The Labute approximate surface area is 101 Å². The standard InChI is InChI=1S/C13H18FNO2/c1-5-15(4)13(16)17-12-8-10(9(2)3)6-7-11(12)14/h6-9H,5H2,1-4H3. The Balaban J connectivity index is 2.90. The van der Waals surface area contributed by atoms with Crippen molar-refractivity contribution >= 4 is 6.09 Å². The average Bonchev–Trinajstić information content (AvgIpc) is 2.30. The summed E-state index contributed by atoms with van der Waals surface area (Å²) in [5, 5.41) is 0. The summed E-state index contributed by atoms with van der Waals surface area (Å²) in [6.45, 7) is 6.33. The van der Waals surface area contributed by atoms with Crippen molar-refractivity contribution in [2.24, 2.45) is 0 Å². The van der Waals surface area contributed by atoms with E-state index in [1.54, 1.807) is 19.2 Å². The van der Waals surface area contributed by atoms with E-state index in [4.69, 9.17) is 4.74 Å². The van der Waals surface area contributed by atoms with E-state index in [2.05, 4.69) is 0 Å². The van der Waals surface area contributed by atoms with Crippen molar-refractivity contribution < 1.29 is 13.9 Å². The highest BCUT2D eigenvalue weighted by molar-refractivity contribution is 5.70. The molecule has 1 aromatic carbocycles. The molecule has 0 saturated heterocycles. The Hall–Kier alpha value is -1.58. The minimum atomic E-state index is -0.549. The van der Waals surface area contributed by atoms with Crippen LogP contribution in [0.25, 0.3) is 0 Å². The summed E-state index contributed by atoms with van der Waals surface area (Å²) in [4.78, 5) is 12.9. The molecule has 0 aliphatic heterocycles. The van der Waals surface area contributed by atoms with Gasteiger partial charge in [0.25, 0.3) is 0 Å². The summed E-state index contributed by atoms with van der Waals surface area (Å²) in [7, 11) is 1.60. The summed E-state index contributed by atoms with van der Waals surface area (Å²) in [6, 6.07) is 4.59. The monoisotopic (exact) mass is 239 g/mol. The van der Waals surface area contributed by atoms with Crippen LogP contribution in [0.15, 0.2) is 18.2 Å². The van der Waals surface area contributed by atoms with Crippen molar-refractivity contribution in [1.29, 1.82) is 0 Å². The largest absolute Gasteiger partial charge is 0.415 e. The van der Waals surface area contributed by atoms with Gasteiger partial charge in [0.15, 0.2) is 11.6 Å². The van der Waals surface area contributed by atoms with E-state index in [0.717, 1.165) is 5.56 Å². The molecule has 0 aliphatic carbocycles. The zero-order valence-corrected chi connectivity index (χ0v) is 10.7. The van der Waals surface area contributed by atoms with Gasteiger partial charge in [-0.3, -0.25) is 0 Å². The van der Waals surface area contributed by atoms with Gasteiger partial charge < -0.3 is 9.64 Å². The maximum Gasteiger partial charge on any atom is 0.415 e. The van der Waals surface area contributed by atoms with Crippen molar-refractivity contribution in [2.75, 3.05) is 13.6 Å². The van der Waals surface area contributed by atoms with E-state index in [0.29, 0.717) is 6.54 Å². The third-order valence-corrected chi connectivity index (χ3v) is 2.61. The molecule has 0 saturated carbocycles. The van der Waals surface area contributed by atoms with Crippen LogP contribution in [0.3, 0.4) is 0 Å². The van der Waals surface area contributed by atoms with E-state index in [1.165, 1.54) is 11.0 Å². The minimum absolute atomic E-state index is 0.0125. The summed E-state index contributed by atoms with van der Waals surface area (Å²) in [5.74, 6) is -0.272. The van der Waals surface area contributed by atoms with Crippen molar-refractivity contribution in [3.63, 3.8) is 0 Å². The van der Waals surface area contributed by atoms with Crippen LogP contribution in [0.4, 0.5) is 9.18 Å². The highest BCUT2D eigenvalue weighted by atomic mass is 19.1. The first-order valence-electron chi connectivity index (χ1n) is 5.68. The van der Waals surface area contributed by atoms with Gasteiger partial charge in [0.1, 0.15) is 0 Å². The molecular formula is C13H18FNO2. The quantitative estimate of drug-likeness (QED) is 0.809. The number of carbonyl (C=O) groups excluding carboxylic acids is 1. The van der Waals surface area contributed by atoms with E-state index >= 15 is 0 Å². The van der Waals surface area contributed by atoms with Crippen LogP contribution in [-0.4, -0.2) is 24.6 Å². The first-order chi connectivity index (χ1) is 7.95. The molecule has 3 nitrogen and oxygen atoms in total. The Morgan fingerprint density at radius 2 is 2.12 bits per heavy atom. The molecule has 1 amide bonds. The van der Waals surface area contributed by atoms with Gasteiger partial charge in [-0.1, -0.05) is 19.9 Å². The van der Waals surface area contributed by atoms with Crippen molar-refractivity contribution in [3.8, 4) is 5.75 Å². The molecule has 0 aliphatic rings. The van der Waals surface area contributed by atoms with Crippen LogP contribution in [0.5, 0.6) is 5.75 Å². The number of hydrogen-bond donors (Lipinski definition) is 0. The SMILES string of the molecule is CCN(C)C(=O)Oc1cc(C(C)C)ccc1F. The van der Waals surface area contributed by atoms with E-state index < -0.39 is 11.9 Å². The highest BCUT2D eigenvalue weighted by Gasteiger charge is 2.13. The Bertz CT molecular complexity index is 404. The molecule has 17 heavy (non-hydrogen) atoms. The van der Waals surface area contributed by atoms with Crippen molar-refractivity contribution in [2.45, 2.75) is 26.7 Å². The van der Waals surface area contributed by atoms with Gasteiger partial charge in [0.2, 0.25) is 0 Å². The van der Waals surface area contributed by atoms with E-state index in [9.17, 15) is 9.18 Å². The molecule has 4 heteroatoms. The number of amides is 1. The fourth-order valence-corrected chi connectivity index (χ4v) is 1.26. The lowest BCUT2D eigenvalue weighted by atomic mass is 10.0. The number of nitrogens with zero attached hydrogens (tertiary/aromatic N) is 1. The first kappa shape index (κ1) is 13.5. The van der Waals surface area contributed by atoms with Crippen LogP contribution >= 0.6 is 0 Å². The third-order valence-electron chi connectivity index (χ3n) is 2.61. The lowest BCUT2D eigenvalue weighted by molar-refractivity contribution is 0.163. The molecule has 0 aromatic heterocycles. The zero-order valence-electron chi connectivity index (χ0n) is 10.7. The van der Waals surface area contributed by atoms with Gasteiger partial charge in [-0.25, -0.2) is 9.18 Å². The maximum atomic E-state index is 13.5. The molecule has 0 N–H and O–H groups in total. The van der Waals surface area contributed by atoms with Crippen LogP contribution in [0.2, 0.25) is 0 Å². The molecule has 0 spiro atoms. The molecule has 94 valence electrons. The van der Waals surface area contributed by atoms with Crippen molar-refractivity contribution in [3.05, 3.63) is 29.6 Å². The molecule has 1 rings (SSSR count). The average molecular weight is 239 g/mol. The Kier molecular flexibility index (Phi) is 4.49. The zero-order chi connectivity index (χ0) is 13.0. The van der Waals surface area contributed by atoms with Gasteiger partial charge >= 0.3 is 6.09 Å². The Morgan fingerprint density at radius 1 is 1.47 bits per heavy atom. The summed E-state index contributed by atoms with van der Waals surface area (Å²) >= 11 is 0. The molecular weight excluding hydrogens is 221 g/mol. The minimum Gasteiger partial charge on any atom is -0.407 e. The first-order valence-corrected chi connectivity index (χ1v) is 5.68. The maximum absolute atomic E-state index is 13.5. The molecule has 0 bridgehead atoms. The third kappa shape index (κ3) is 3.44. The molecule has 1 aromatic rings. The van der Waals surface area contributed by atoms with Gasteiger partial charge in [-0.2, -0.15) is 0 Å². The lowest BCUT2D eigenvalue weighted by Crippen LogP contribution is -2.29.